The minimum absolute atomic E-state index is 0.0585. The van der Waals surface area contributed by atoms with E-state index < -0.39 is 47.0 Å². The molecule has 9 nitrogen and oxygen atoms in total. The van der Waals surface area contributed by atoms with Crippen LogP contribution in [0.4, 0.5) is 23.2 Å². The number of H-pyrrole nitrogens is 1. The van der Waals surface area contributed by atoms with Gasteiger partial charge in [-0.3, -0.25) is 24.1 Å². The van der Waals surface area contributed by atoms with Crippen LogP contribution in [-0.4, -0.2) is 78.2 Å². The Morgan fingerprint density at radius 1 is 1.05 bits per heavy atom. The number of amides is 4. The summed E-state index contributed by atoms with van der Waals surface area (Å²) in [6, 6.07) is 8.58. The van der Waals surface area contributed by atoms with E-state index in [1.807, 2.05) is 6.07 Å². The van der Waals surface area contributed by atoms with E-state index in [1.165, 1.54) is 21.1 Å². The van der Waals surface area contributed by atoms with Gasteiger partial charge in [0, 0.05) is 50.0 Å². The molecule has 1 aromatic heterocycles. The predicted molar refractivity (Wildman–Crippen MR) is 154 cm³/mol. The summed E-state index contributed by atoms with van der Waals surface area (Å²) in [4.78, 5) is 58.2. The summed E-state index contributed by atoms with van der Waals surface area (Å²) in [6.45, 7) is 3.77. The van der Waals surface area contributed by atoms with Gasteiger partial charge in [0.25, 0.3) is 5.91 Å². The number of rotatable bonds is 7. The second kappa shape index (κ2) is 13.7. The highest BCUT2D eigenvalue weighted by molar-refractivity contribution is 5.99. The number of aromatic nitrogens is 1. The Morgan fingerprint density at radius 2 is 1.70 bits per heavy atom. The quantitative estimate of drug-likeness (QED) is 0.304. The molecule has 1 fully saturated rings. The van der Waals surface area contributed by atoms with E-state index in [1.54, 1.807) is 38.5 Å². The van der Waals surface area contributed by atoms with E-state index in [4.69, 9.17) is 0 Å². The number of likely N-dealkylation sites (tertiary alicyclic amines) is 1. The van der Waals surface area contributed by atoms with E-state index in [0.717, 1.165) is 10.9 Å². The van der Waals surface area contributed by atoms with Gasteiger partial charge >= 0.3 is 6.18 Å². The number of halogens is 4. The Kier molecular flexibility index (Phi) is 10.5. The third kappa shape index (κ3) is 7.33. The lowest BCUT2D eigenvalue weighted by atomic mass is 9.83. The number of hydrogen-bond donors (Lipinski definition) is 2. The fourth-order valence-electron chi connectivity index (χ4n) is 4.94. The van der Waals surface area contributed by atoms with E-state index in [-0.39, 0.29) is 31.8 Å². The zero-order chi connectivity index (χ0) is 31.9. The van der Waals surface area contributed by atoms with E-state index in [0.29, 0.717) is 30.3 Å². The van der Waals surface area contributed by atoms with Crippen LogP contribution >= 0.6 is 0 Å². The van der Waals surface area contributed by atoms with Crippen molar-refractivity contribution >= 4 is 40.7 Å². The Balaban J connectivity index is 0.00000162. The highest BCUT2D eigenvalue weighted by Gasteiger charge is 2.48. The first-order chi connectivity index (χ1) is 20.3. The number of fused-ring (bicyclic) bond motifs is 1. The number of nitrogens with zero attached hydrogens (tertiary/aromatic N) is 3. The molecule has 2 N–H and O–H groups in total. The summed E-state index contributed by atoms with van der Waals surface area (Å²) >= 11 is 0. The summed E-state index contributed by atoms with van der Waals surface area (Å²) in [5.74, 6) is -3.22. The van der Waals surface area contributed by atoms with Crippen molar-refractivity contribution in [3.05, 3.63) is 65.6 Å². The van der Waals surface area contributed by atoms with Crippen LogP contribution in [0.3, 0.4) is 0 Å². The van der Waals surface area contributed by atoms with Gasteiger partial charge in [0.05, 0.1) is 17.7 Å². The average molecular weight is 606 g/mol. The molecule has 4 amide bonds. The van der Waals surface area contributed by atoms with Crippen molar-refractivity contribution in [3.8, 4) is 0 Å². The number of likely N-dealkylation sites (N-methyl/N-ethyl adjacent to an activating group) is 1. The van der Waals surface area contributed by atoms with Gasteiger partial charge in [0.2, 0.25) is 18.2 Å². The minimum Gasteiger partial charge on any atom is -0.361 e. The van der Waals surface area contributed by atoms with Gasteiger partial charge in [0.1, 0.15) is 11.4 Å². The average Bonchev–Trinajstić information content (AvgIpc) is 3.44. The van der Waals surface area contributed by atoms with Gasteiger partial charge in [-0.1, -0.05) is 20.3 Å². The standard InChI is InChI=1S/C27H27F4N5O4.C3H8/c1-34(2)25(40)26(36(16-37)19-4-6-22-17(13-19)7-10-32-22)8-11-35(12-9-26)23(38)15-33-24(39)20-14-18(27(29,30)31)3-5-21(20)28;1-3-2/h3-7,10,13-14,16,32H,8-9,11-12,15H2,1-2H3,(H,33,39);3H2,1-2H3. The molecule has 4 rings (SSSR count). The molecule has 13 heteroatoms. The molecule has 0 spiro atoms. The third-order valence-corrected chi connectivity index (χ3v) is 7.07. The summed E-state index contributed by atoms with van der Waals surface area (Å²) in [5, 5.41) is 3.01. The van der Waals surface area contributed by atoms with Crippen molar-refractivity contribution in [3.63, 3.8) is 0 Å². The van der Waals surface area contributed by atoms with Gasteiger partial charge in [0.15, 0.2) is 0 Å². The molecule has 1 aliphatic rings. The highest BCUT2D eigenvalue weighted by Crippen LogP contribution is 2.35. The van der Waals surface area contributed by atoms with Crippen LogP contribution in [0.5, 0.6) is 0 Å². The van der Waals surface area contributed by atoms with Crippen LogP contribution in [-0.2, 0) is 20.6 Å². The van der Waals surface area contributed by atoms with Crippen molar-refractivity contribution < 1.29 is 36.7 Å². The summed E-state index contributed by atoms with van der Waals surface area (Å²) in [7, 11) is 3.14. The molecule has 1 aliphatic heterocycles. The number of benzene rings is 2. The van der Waals surface area contributed by atoms with Gasteiger partial charge in [-0.2, -0.15) is 13.2 Å². The van der Waals surface area contributed by atoms with Gasteiger partial charge in [-0.15, -0.1) is 0 Å². The molecule has 2 aromatic carbocycles. The first-order valence-corrected chi connectivity index (χ1v) is 13.7. The van der Waals surface area contributed by atoms with Crippen LogP contribution in [0, 0.1) is 5.82 Å². The lowest BCUT2D eigenvalue weighted by Crippen LogP contribution is -2.64. The molecular weight excluding hydrogens is 570 g/mol. The van der Waals surface area contributed by atoms with Crippen LogP contribution < -0.4 is 10.2 Å². The zero-order valence-electron chi connectivity index (χ0n) is 24.4. The molecule has 0 atom stereocenters. The van der Waals surface area contributed by atoms with E-state index in [2.05, 4.69) is 24.1 Å². The van der Waals surface area contributed by atoms with Gasteiger partial charge < -0.3 is 20.1 Å². The van der Waals surface area contributed by atoms with Crippen molar-refractivity contribution in [2.24, 2.45) is 0 Å². The first-order valence-electron chi connectivity index (χ1n) is 13.7. The predicted octanol–water partition coefficient (Wildman–Crippen LogP) is 4.58. The monoisotopic (exact) mass is 605 g/mol. The summed E-state index contributed by atoms with van der Waals surface area (Å²) in [6.07, 6.45) is -0.987. The molecule has 0 radical (unpaired) electrons. The number of alkyl halides is 3. The maximum Gasteiger partial charge on any atom is 0.416 e. The number of aromatic amines is 1. The molecule has 0 unspecified atom stereocenters. The third-order valence-electron chi connectivity index (χ3n) is 7.07. The van der Waals surface area contributed by atoms with Crippen molar-refractivity contribution in [1.82, 2.24) is 20.1 Å². The lowest BCUT2D eigenvalue weighted by molar-refractivity contribution is -0.141. The normalized spacial score (nSPS) is 14.4. The molecule has 2 heterocycles. The number of carbonyl (C=O) groups is 4. The molecule has 232 valence electrons. The second-order valence-corrected chi connectivity index (χ2v) is 10.4. The minimum atomic E-state index is -4.77. The van der Waals surface area contributed by atoms with Crippen LogP contribution in [0.1, 0.15) is 49.0 Å². The topological polar surface area (TPSA) is 106 Å². The maximum absolute atomic E-state index is 14.0. The molecule has 0 aliphatic carbocycles. The van der Waals surface area contributed by atoms with Crippen LogP contribution in [0.2, 0.25) is 0 Å². The van der Waals surface area contributed by atoms with Crippen LogP contribution in [0.25, 0.3) is 10.9 Å². The van der Waals surface area contributed by atoms with E-state index in [9.17, 15) is 36.7 Å². The SMILES string of the molecule is CCC.CN(C)C(=O)C1(N(C=O)c2ccc3[nH]ccc3c2)CCN(C(=O)CNC(=O)c2cc(C(F)(F)F)ccc2F)CC1. The molecule has 43 heavy (non-hydrogen) atoms. The molecule has 0 saturated carbocycles. The number of anilines is 1. The number of piperidine rings is 1. The molecule has 1 saturated heterocycles. The Labute approximate surface area is 246 Å². The van der Waals surface area contributed by atoms with Crippen molar-refractivity contribution in [2.45, 2.75) is 44.8 Å². The smallest absolute Gasteiger partial charge is 0.361 e. The maximum atomic E-state index is 14.0. The summed E-state index contributed by atoms with van der Waals surface area (Å²) in [5.41, 5.74) is -1.95. The van der Waals surface area contributed by atoms with Crippen molar-refractivity contribution in [1.29, 1.82) is 0 Å². The number of carbonyl (C=O) groups excluding carboxylic acids is 4. The summed E-state index contributed by atoms with van der Waals surface area (Å²) < 4.78 is 52.9. The van der Waals surface area contributed by atoms with Gasteiger partial charge in [-0.05, 0) is 55.3 Å². The lowest BCUT2D eigenvalue weighted by Gasteiger charge is -2.47. The largest absolute Gasteiger partial charge is 0.416 e. The zero-order valence-corrected chi connectivity index (χ0v) is 24.4. The molecular formula is C30H35F4N5O4. The molecule has 3 aromatic rings. The Bertz CT molecular complexity index is 1460. The number of nitrogens with one attached hydrogen (secondary N) is 2. The highest BCUT2D eigenvalue weighted by atomic mass is 19.4. The Hall–Kier alpha value is -4.42. The number of hydrogen-bond acceptors (Lipinski definition) is 4. The first kappa shape index (κ1) is 33.1. The Morgan fingerprint density at radius 3 is 2.28 bits per heavy atom. The van der Waals surface area contributed by atoms with Crippen molar-refractivity contribution in [2.75, 3.05) is 38.6 Å². The van der Waals surface area contributed by atoms with Crippen LogP contribution in [0.15, 0.2) is 48.7 Å². The van der Waals surface area contributed by atoms with Gasteiger partial charge in [-0.25, -0.2) is 4.39 Å². The second-order valence-electron chi connectivity index (χ2n) is 10.4. The fraction of sp³-hybridized carbons (Fsp3) is 0.400. The van der Waals surface area contributed by atoms with E-state index >= 15 is 0 Å². The fourth-order valence-corrected chi connectivity index (χ4v) is 4.94. The molecule has 0 bridgehead atoms.